The minimum absolute atomic E-state index is 0.0143. The van der Waals surface area contributed by atoms with Crippen LogP contribution < -0.4 is 10.2 Å². The zero-order chi connectivity index (χ0) is 37.9. The summed E-state index contributed by atoms with van der Waals surface area (Å²) >= 11 is 0. The van der Waals surface area contributed by atoms with Crippen LogP contribution in [0.1, 0.15) is 213 Å². The molecule has 0 aromatic carbocycles. The Morgan fingerprint density at radius 2 is 0.961 bits per heavy atom. The molecule has 3 atom stereocenters. The third-order valence-corrected chi connectivity index (χ3v) is 11.1. The van der Waals surface area contributed by atoms with E-state index in [1.54, 1.807) is 0 Å². The van der Waals surface area contributed by atoms with Crippen LogP contribution >= 0.6 is 7.82 Å². The number of rotatable bonds is 40. The molecule has 0 aliphatic heterocycles. The summed E-state index contributed by atoms with van der Waals surface area (Å²) in [6.07, 6.45) is 37.8. The Kier molecular flexibility index (Phi) is 34.9. The highest BCUT2D eigenvalue weighted by molar-refractivity contribution is 7.45. The molecule has 0 saturated carbocycles. The Morgan fingerprint density at radius 3 is 1.33 bits per heavy atom. The Morgan fingerprint density at radius 1 is 0.608 bits per heavy atom. The second kappa shape index (κ2) is 35.2. The molecule has 8 nitrogen and oxygen atoms in total. The molecule has 3 unspecified atom stereocenters. The minimum Gasteiger partial charge on any atom is -0.756 e. The normalized spacial score (nSPS) is 14.4. The summed E-state index contributed by atoms with van der Waals surface area (Å²) in [7, 11) is 1.31. The van der Waals surface area contributed by atoms with E-state index in [0.29, 0.717) is 23.9 Å². The molecule has 0 aliphatic rings. The molecule has 0 spiro atoms. The minimum atomic E-state index is -4.54. The van der Waals surface area contributed by atoms with Gasteiger partial charge in [0, 0.05) is 6.42 Å². The summed E-state index contributed by atoms with van der Waals surface area (Å²) < 4.78 is 23.0. The molecule has 0 aromatic rings. The van der Waals surface area contributed by atoms with Crippen LogP contribution in [-0.2, 0) is 18.4 Å². The van der Waals surface area contributed by atoms with Gasteiger partial charge in [0.15, 0.2) is 0 Å². The highest BCUT2D eigenvalue weighted by atomic mass is 31.2. The maximum absolute atomic E-state index is 12.5. The molecule has 0 saturated heterocycles. The van der Waals surface area contributed by atoms with Crippen molar-refractivity contribution in [2.75, 3.05) is 40.9 Å². The first-order valence-corrected chi connectivity index (χ1v) is 23.3. The lowest BCUT2D eigenvalue weighted by Crippen LogP contribution is -2.46. The van der Waals surface area contributed by atoms with Crippen LogP contribution in [0.25, 0.3) is 0 Å². The lowest BCUT2D eigenvalue weighted by atomic mass is 10.0. The van der Waals surface area contributed by atoms with Crippen LogP contribution in [-0.4, -0.2) is 68.5 Å². The molecule has 0 fully saturated rings. The van der Waals surface area contributed by atoms with E-state index in [4.69, 9.17) is 9.05 Å². The largest absolute Gasteiger partial charge is 0.756 e. The predicted octanol–water partition coefficient (Wildman–Crippen LogP) is 11.2. The monoisotopic (exact) mass is 747 g/mol. The molecule has 0 radical (unpaired) electrons. The van der Waals surface area contributed by atoms with Gasteiger partial charge in [0.2, 0.25) is 5.91 Å². The molecule has 0 aliphatic carbocycles. The highest BCUT2D eigenvalue weighted by Gasteiger charge is 2.24. The molecule has 0 heterocycles. The van der Waals surface area contributed by atoms with Gasteiger partial charge in [0.1, 0.15) is 13.2 Å². The van der Waals surface area contributed by atoms with Gasteiger partial charge >= 0.3 is 0 Å². The average molecular weight is 747 g/mol. The second-order valence-electron chi connectivity index (χ2n) is 16.4. The lowest BCUT2D eigenvalue weighted by Gasteiger charge is -2.30. The fourth-order valence-electron chi connectivity index (χ4n) is 6.57. The maximum Gasteiger partial charge on any atom is 0.268 e. The molecule has 1 amide bonds. The van der Waals surface area contributed by atoms with Crippen molar-refractivity contribution in [3.63, 3.8) is 0 Å². The van der Waals surface area contributed by atoms with Crippen molar-refractivity contribution in [2.24, 2.45) is 0 Å². The smallest absolute Gasteiger partial charge is 0.268 e. The zero-order valence-electron chi connectivity index (χ0n) is 34.6. The fraction of sp³-hybridized carbons (Fsp3) is 0.976. The summed E-state index contributed by atoms with van der Waals surface area (Å²) in [6, 6.07) is -0.789. The molecule has 0 bridgehead atoms. The Hall–Kier alpha value is -0.500. The van der Waals surface area contributed by atoms with Crippen molar-refractivity contribution in [1.82, 2.24) is 5.32 Å². The van der Waals surface area contributed by atoms with Crippen molar-refractivity contribution in [1.29, 1.82) is 0 Å². The number of quaternary nitrogens is 1. The van der Waals surface area contributed by atoms with E-state index >= 15 is 0 Å². The van der Waals surface area contributed by atoms with Crippen LogP contribution in [0.5, 0.6) is 0 Å². The number of nitrogens with one attached hydrogen (secondary N) is 1. The number of aliphatic hydroxyl groups is 1. The number of phosphoric ester groups is 1. The van der Waals surface area contributed by atoms with E-state index in [2.05, 4.69) is 19.2 Å². The summed E-state index contributed by atoms with van der Waals surface area (Å²) in [5.41, 5.74) is 0. The molecule has 9 heteroatoms. The Labute approximate surface area is 317 Å². The van der Waals surface area contributed by atoms with E-state index in [0.717, 1.165) is 38.5 Å². The van der Waals surface area contributed by atoms with E-state index in [1.165, 1.54) is 148 Å². The van der Waals surface area contributed by atoms with Crippen molar-refractivity contribution < 1.29 is 32.9 Å². The van der Waals surface area contributed by atoms with Gasteiger partial charge in [0.25, 0.3) is 7.82 Å². The first-order chi connectivity index (χ1) is 24.5. The van der Waals surface area contributed by atoms with E-state index in [-0.39, 0.29) is 19.1 Å². The topological polar surface area (TPSA) is 108 Å². The molecule has 51 heavy (non-hydrogen) atoms. The Balaban J connectivity index is 3.85. The number of aliphatic hydroxyl groups excluding tert-OH is 1. The lowest BCUT2D eigenvalue weighted by molar-refractivity contribution is -0.870. The van der Waals surface area contributed by atoms with Crippen molar-refractivity contribution >= 4 is 13.7 Å². The van der Waals surface area contributed by atoms with E-state index < -0.39 is 20.0 Å². The van der Waals surface area contributed by atoms with Crippen molar-refractivity contribution in [2.45, 2.75) is 225 Å². The van der Waals surface area contributed by atoms with Gasteiger partial charge in [-0.15, -0.1) is 0 Å². The zero-order valence-corrected chi connectivity index (χ0v) is 35.5. The number of nitrogens with zero attached hydrogens (tertiary/aromatic N) is 1. The fourth-order valence-corrected chi connectivity index (χ4v) is 7.29. The third kappa shape index (κ3) is 37.6. The number of carbonyl (C=O) groups is 1. The summed E-state index contributed by atoms with van der Waals surface area (Å²) in [5.74, 6) is -0.187. The first kappa shape index (κ1) is 50.5. The third-order valence-electron chi connectivity index (χ3n) is 10.1. The SMILES string of the molecule is CCCCCCCCCCCCCCCCCCCCCCCCCCCCC(O)C(COP(=O)([O-])OCC[N+](C)(C)C)NC(=O)CCCCC. The number of likely N-dealkylation sites (N-methyl/N-ethyl adjacent to an activating group) is 1. The van der Waals surface area contributed by atoms with Crippen LogP contribution in [0, 0.1) is 0 Å². The average Bonchev–Trinajstić information content (AvgIpc) is 3.07. The number of phosphoric acid groups is 1. The van der Waals surface area contributed by atoms with Crippen LogP contribution in [0.4, 0.5) is 0 Å². The van der Waals surface area contributed by atoms with Crippen molar-refractivity contribution in [3.8, 4) is 0 Å². The van der Waals surface area contributed by atoms with Crippen LogP contribution in [0.2, 0.25) is 0 Å². The summed E-state index contributed by atoms with van der Waals surface area (Å²) in [4.78, 5) is 24.8. The van der Waals surface area contributed by atoms with Gasteiger partial charge in [-0.25, -0.2) is 0 Å². The van der Waals surface area contributed by atoms with E-state index in [9.17, 15) is 19.4 Å². The molecular weight excluding hydrogens is 659 g/mol. The molecule has 0 rings (SSSR count). The first-order valence-electron chi connectivity index (χ1n) is 21.9. The number of unbranched alkanes of at least 4 members (excludes halogenated alkanes) is 27. The second-order valence-corrected chi connectivity index (χ2v) is 17.8. The number of hydrogen-bond acceptors (Lipinski definition) is 6. The van der Waals surface area contributed by atoms with E-state index in [1.807, 2.05) is 21.1 Å². The summed E-state index contributed by atoms with van der Waals surface area (Å²) in [5, 5.41) is 13.7. The van der Waals surface area contributed by atoms with Gasteiger partial charge in [-0.2, -0.15) is 0 Å². The molecular formula is C42H87N2O6P. The van der Waals surface area contributed by atoms with Gasteiger partial charge in [-0.05, 0) is 12.8 Å². The summed E-state index contributed by atoms with van der Waals surface area (Å²) in [6.45, 7) is 4.56. The quantitative estimate of drug-likeness (QED) is 0.0367. The highest BCUT2D eigenvalue weighted by Crippen LogP contribution is 2.38. The number of hydrogen-bond donors (Lipinski definition) is 2. The van der Waals surface area contributed by atoms with Crippen molar-refractivity contribution in [3.05, 3.63) is 0 Å². The predicted molar refractivity (Wildman–Crippen MR) is 215 cm³/mol. The number of carbonyl (C=O) groups excluding carboxylic acids is 1. The number of amides is 1. The Bertz CT molecular complexity index is 809. The molecule has 0 aromatic heterocycles. The van der Waals surface area contributed by atoms with Gasteiger partial charge in [0.05, 0.1) is 39.9 Å². The van der Waals surface area contributed by atoms with Gasteiger partial charge < -0.3 is 28.8 Å². The van der Waals surface area contributed by atoms with Crippen LogP contribution in [0.15, 0.2) is 0 Å². The molecule has 2 N–H and O–H groups in total. The van der Waals surface area contributed by atoms with Gasteiger partial charge in [-0.3, -0.25) is 9.36 Å². The van der Waals surface area contributed by atoms with Gasteiger partial charge in [-0.1, -0.05) is 194 Å². The molecule has 306 valence electrons. The van der Waals surface area contributed by atoms with Crippen LogP contribution in [0.3, 0.4) is 0 Å². The standard InChI is InChI=1S/C42H87N2O6P/c1-6-8-10-11-12-13-14-15-16-17-18-19-20-21-22-23-24-25-26-27-28-29-30-31-32-34-35-41(45)40(43-42(46)36-33-9-7-2)39-50-51(47,48)49-38-37-44(3,4)5/h40-41,45H,6-39H2,1-5H3,(H-,43,46,47,48). The maximum atomic E-state index is 12.5.